The Balaban J connectivity index is 1.86. The quantitative estimate of drug-likeness (QED) is 0.833. The van der Waals surface area contributed by atoms with Crippen LogP contribution in [-0.2, 0) is 25.1 Å². The molecular formula is C19H19NO6S. The number of carbonyl (C=O) groups excluding carboxylic acids is 1. The van der Waals surface area contributed by atoms with E-state index < -0.39 is 27.8 Å². The molecule has 1 heterocycles. The predicted molar refractivity (Wildman–Crippen MR) is 97.1 cm³/mol. The van der Waals surface area contributed by atoms with Crippen molar-refractivity contribution in [3.05, 3.63) is 65.7 Å². The molecule has 1 aliphatic rings. The number of morpholine rings is 1. The second-order valence-corrected chi connectivity index (χ2v) is 8.19. The maximum atomic E-state index is 12.8. The van der Waals surface area contributed by atoms with E-state index in [4.69, 9.17) is 4.74 Å². The summed E-state index contributed by atoms with van der Waals surface area (Å²) >= 11 is 0. The number of nitrogens with zero attached hydrogens (tertiary/aromatic N) is 1. The van der Waals surface area contributed by atoms with E-state index in [0.717, 1.165) is 0 Å². The van der Waals surface area contributed by atoms with Gasteiger partial charge in [-0.25, -0.2) is 13.2 Å². The van der Waals surface area contributed by atoms with Gasteiger partial charge in [-0.05, 0) is 23.8 Å². The van der Waals surface area contributed by atoms with Crippen molar-refractivity contribution in [1.82, 2.24) is 4.90 Å². The Hall–Kier alpha value is -2.71. The van der Waals surface area contributed by atoms with E-state index in [1.165, 1.54) is 29.2 Å². The topological polar surface area (TPSA) is 101 Å². The molecule has 0 radical (unpaired) electrons. The molecule has 1 amide bonds. The average molecular weight is 389 g/mol. The highest BCUT2D eigenvalue weighted by molar-refractivity contribution is 7.90. The molecule has 0 bridgehead atoms. The van der Waals surface area contributed by atoms with Crippen LogP contribution in [0, 0.1) is 0 Å². The second-order valence-electron chi connectivity index (χ2n) is 6.20. The Bertz CT molecular complexity index is 942. The van der Waals surface area contributed by atoms with Crippen molar-refractivity contribution in [1.29, 1.82) is 0 Å². The number of rotatable bonds is 5. The van der Waals surface area contributed by atoms with Gasteiger partial charge in [-0.2, -0.15) is 0 Å². The fourth-order valence-electron chi connectivity index (χ4n) is 2.92. The molecular weight excluding hydrogens is 370 g/mol. The monoisotopic (exact) mass is 389 g/mol. The number of amides is 1. The van der Waals surface area contributed by atoms with Gasteiger partial charge < -0.3 is 14.7 Å². The number of ether oxygens (including phenoxy) is 1. The van der Waals surface area contributed by atoms with Crippen molar-refractivity contribution < 1.29 is 27.9 Å². The van der Waals surface area contributed by atoms with Crippen molar-refractivity contribution in [2.24, 2.45) is 0 Å². The zero-order chi connectivity index (χ0) is 19.4. The minimum Gasteiger partial charge on any atom is -0.480 e. The summed E-state index contributed by atoms with van der Waals surface area (Å²) in [5, 5.41) is 9.28. The van der Waals surface area contributed by atoms with Crippen molar-refractivity contribution in [3.8, 4) is 0 Å². The van der Waals surface area contributed by atoms with E-state index in [9.17, 15) is 23.1 Å². The first-order valence-corrected chi connectivity index (χ1v) is 10.0. The molecule has 0 aliphatic carbocycles. The number of aliphatic carboxylic acids is 1. The Kier molecular flexibility index (Phi) is 5.57. The maximum absolute atomic E-state index is 12.8. The number of sulfone groups is 1. The van der Waals surface area contributed by atoms with Gasteiger partial charge in [0.2, 0.25) is 0 Å². The van der Waals surface area contributed by atoms with Gasteiger partial charge in [0, 0.05) is 12.1 Å². The molecule has 2 aromatic rings. The van der Waals surface area contributed by atoms with E-state index in [1.54, 1.807) is 30.3 Å². The standard InChI is InChI=1S/C19H19NO6S/c21-18(20-9-10-26-12-17(20)19(22)23)15-7-4-8-16(11-15)27(24,25)13-14-5-2-1-3-6-14/h1-8,11,17H,9-10,12-13H2,(H,22,23). The third-order valence-electron chi connectivity index (χ3n) is 4.31. The SMILES string of the molecule is O=C(O)C1COCCN1C(=O)c1cccc(S(=O)(=O)Cc2ccccc2)c1. The average Bonchev–Trinajstić information content (AvgIpc) is 2.68. The molecule has 3 rings (SSSR count). The summed E-state index contributed by atoms with van der Waals surface area (Å²) in [5.74, 6) is -1.86. The third-order valence-corrected chi connectivity index (χ3v) is 6.00. The lowest BCUT2D eigenvalue weighted by Gasteiger charge is -2.32. The molecule has 1 unspecified atom stereocenters. The molecule has 2 aromatic carbocycles. The molecule has 1 N–H and O–H groups in total. The van der Waals surface area contributed by atoms with Gasteiger partial charge in [-0.3, -0.25) is 4.79 Å². The Morgan fingerprint density at radius 2 is 1.85 bits per heavy atom. The van der Waals surface area contributed by atoms with Crippen LogP contribution in [0.25, 0.3) is 0 Å². The third kappa shape index (κ3) is 4.35. The molecule has 0 spiro atoms. The van der Waals surface area contributed by atoms with Gasteiger partial charge >= 0.3 is 5.97 Å². The Morgan fingerprint density at radius 1 is 1.11 bits per heavy atom. The Morgan fingerprint density at radius 3 is 2.56 bits per heavy atom. The van der Waals surface area contributed by atoms with Crippen LogP contribution in [-0.4, -0.2) is 56.1 Å². The van der Waals surface area contributed by atoms with Crippen molar-refractivity contribution in [2.45, 2.75) is 16.7 Å². The van der Waals surface area contributed by atoms with E-state index in [2.05, 4.69) is 0 Å². The summed E-state index contributed by atoms with van der Waals surface area (Å²) in [6.45, 7) is 0.283. The first-order chi connectivity index (χ1) is 12.9. The first-order valence-electron chi connectivity index (χ1n) is 8.37. The maximum Gasteiger partial charge on any atom is 0.328 e. The van der Waals surface area contributed by atoms with Gasteiger partial charge in [0.25, 0.3) is 5.91 Å². The molecule has 1 saturated heterocycles. The lowest BCUT2D eigenvalue weighted by atomic mass is 10.1. The highest BCUT2D eigenvalue weighted by Crippen LogP contribution is 2.20. The minimum absolute atomic E-state index is 0.0253. The van der Waals surface area contributed by atoms with Gasteiger partial charge in [0.05, 0.1) is 23.9 Å². The summed E-state index contributed by atoms with van der Waals surface area (Å²) in [5.41, 5.74) is 0.783. The number of carboxylic acid groups (broad SMARTS) is 1. The summed E-state index contributed by atoms with van der Waals surface area (Å²) in [4.78, 5) is 25.4. The lowest BCUT2D eigenvalue weighted by molar-refractivity contribution is -0.147. The molecule has 0 aromatic heterocycles. The number of carboxylic acids is 1. The smallest absolute Gasteiger partial charge is 0.328 e. The first kappa shape index (κ1) is 19.1. The zero-order valence-electron chi connectivity index (χ0n) is 14.4. The lowest BCUT2D eigenvalue weighted by Crippen LogP contribution is -2.52. The minimum atomic E-state index is -3.64. The van der Waals surface area contributed by atoms with Crippen LogP contribution in [0.1, 0.15) is 15.9 Å². The van der Waals surface area contributed by atoms with Crippen LogP contribution in [0.4, 0.5) is 0 Å². The van der Waals surface area contributed by atoms with E-state index in [1.807, 2.05) is 0 Å². The summed E-state index contributed by atoms with van der Waals surface area (Å²) in [6, 6.07) is 13.4. The molecule has 1 aliphatic heterocycles. The number of hydrogen-bond acceptors (Lipinski definition) is 5. The highest BCUT2D eigenvalue weighted by atomic mass is 32.2. The van der Waals surface area contributed by atoms with Gasteiger partial charge in [0.1, 0.15) is 0 Å². The predicted octanol–water partition coefficient (Wildman–Crippen LogP) is 1.59. The van der Waals surface area contributed by atoms with Crippen LogP contribution < -0.4 is 0 Å². The van der Waals surface area contributed by atoms with Crippen LogP contribution in [0.3, 0.4) is 0 Å². The fraction of sp³-hybridized carbons (Fsp3) is 0.263. The molecule has 1 atom stereocenters. The van der Waals surface area contributed by atoms with E-state index >= 15 is 0 Å². The highest BCUT2D eigenvalue weighted by Gasteiger charge is 2.33. The number of hydrogen-bond donors (Lipinski definition) is 1. The zero-order valence-corrected chi connectivity index (χ0v) is 15.3. The molecule has 0 saturated carbocycles. The molecule has 8 heteroatoms. The normalized spacial score (nSPS) is 17.5. The molecule has 27 heavy (non-hydrogen) atoms. The van der Waals surface area contributed by atoms with Crippen LogP contribution in [0.15, 0.2) is 59.5 Å². The second kappa shape index (κ2) is 7.89. The largest absolute Gasteiger partial charge is 0.480 e. The summed E-state index contributed by atoms with van der Waals surface area (Å²) in [7, 11) is -3.64. The summed E-state index contributed by atoms with van der Waals surface area (Å²) < 4.78 is 30.5. The van der Waals surface area contributed by atoms with Crippen LogP contribution >= 0.6 is 0 Å². The Labute approximate surface area is 157 Å². The van der Waals surface area contributed by atoms with Gasteiger partial charge in [0.15, 0.2) is 15.9 Å². The van der Waals surface area contributed by atoms with Crippen LogP contribution in [0.2, 0.25) is 0 Å². The van der Waals surface area contributed by atoms with Crippen molar-refractivity contribution in [2.75, 3.05) is 19.8 Å². The fourth-order valence-corrected chi connectivity index (χ4v) is 4.31. The van der Waals surface area contributed by atoms with Gasteiger partial charge in [-0.1, -0.05) is 36.4 Å². The van der Waals surface area contributed by atoms with E-state index in [0.29, 0.717) is 5.56 Å². The molecule has 1 fully saturated rings. The summed E-state index contributed by atoms with van der Waals surface area (Å²) in [6.07, 6.45) is 0. The van der Waals surface area contributed by atoms with Crippen molar-refractivity contribution >= 4 is 21.7 Å². The number of benzene rings is 2. The molecule has 7 nitrogen and oxygen atoms in total. The van der Waals surface area contributed by atoms with Crippen LogP contribution in [0.5, 0.6) is 0 Å². The molecule has 142 valence electrons. The van der Waals surface area contributed by atoms with Gasteiger partial charge in [-0.15, -0.1) is 0 Å². The van der Waals surface area contributed by atoms with Crippen molar-refractivity contribution in [3.63, 3.8) is 0 Å². The number of carbonyl (C=O) groups is 2. The van der Waals surface area contributed by atoms with E-state index in [-0.39, 0.29) is 36.0 Å².